The Hall–Kier alpha value is -1.62. The van der Waals surface area contributed by atoms with Crippen LogP contribution in [0.1, 0.15) is 23.2 Å². The zero-order valence-electron chi connectivity index (χ0n) is 11.1. The minimum Gasteiger partial charge on any atom is -0.469 e. The van der Waals surface area contributed by atoms with Gasteiger partial charge in [-0.15, -0.1) is 0 Å². The summed E-state index contributed by atoms with van der Waals surface area (Å²) in [7, 11) is 1.36. The Labute approximate surface area is 121 Å². The maximum atomic E-state index is 13.1. The predicted molar refractivity (Wildman–Crippen MR) is 72.1 cm³/mol. The fraction of sp³-hybridized carbons (Fsp3) is 0.429. The third-order valence-corrected chi connectivity index (χ3v) is 3.77. The van der Waals surface area contributed by atoms with E-state index >= 15 is 0 Å². The highest BCUT2D eigenvalue weighted by atomic mass is 35.5. The first-order valence-electron chi connectivity index (χ1n) is 6.35. The van der Waals surface area contributed by atoms with E-state index < -0.39 is 5.82 Å². The number of esters is 1. The number of hydrogen-bond donors (Lipinski definition) is 0. The molecule has 0 bridgehead atoms. The molecule has 0 N–H and O–H groups in total. The van der Waals surface area contributed by atoms with Gasteiger partial charge in [-0.2, -0.15) is 0 Å². The van der Waals surface area contributed by atoms with Gasteiger partial charge >= 0.3 is 5.97 Å². The van der Waals surface area contributed by atoms with Gasteiger partial charge in [0.2, 0.25) is 0 Å². The standard InChI is InChI=1S/C14H15ClFNO3/c1-20-14(19)9-4-6-17(7-5-9)13(18)10-2-3-12(16)11(15)8-10/h2-3,8-9H,4-7H2,1H3. The molecule has 108 valence electrons. The SMILES string of the molecule is COC(=O)C1CCN(C(=O)c2ccc(F)c(Cl)c2)CC1. The number of halogens is 2. The molecular weight excluding hydrogens is 285 g/mol. The smallest absolute Gasteiger partial charge is 0.308 e. The molecule has 0 radical (unpaired) electrons. The summed E-state index contributed by atoms with van der Waals surface area (Å²) in [4.78, 5) is 25.3. The van der Waals surface area contributed by atoms with Crippen molar-refractivity contribution >= 4 is 23.5 Å². The molecule has 1 aromatic carbocycles. The van der Waals surface area contributed by atoms with Gasteiger partial charge in [0.15, 0.2) is 0 Å². The van der Waals surface area contributed by atoms with Crippen LogP contribution in [0.2, 0.25) is 5.02 Å². The molecule has 1 aliphatic rings. The van der Waals surface area contributed by atoms with Gasteiger partial charge in [0, 0.05) is 18.7 Å². The van der Waals surface area contributed by atoms with E-state index in [0.717, 1.165) is 0 Å². The molecule has 1 saturated heterocycles. The number of methoxy groups -OCH3 is 1. The number of carbonyl (C=O) groups is 2. The normalized spacial score (nSPS) is 16.1. The van der Waals surface area contributed by atoms with Crippen molar-refractivity contribution in [2.75, 3.05) is 20.2 Å². The Morgan fingerprint density at radius 2 is 2.00 bits per heavy atom. The second kappa shape index (κ2) is 6.22. The van der Waals surface area contributed by atoms with Gasteiger partial charge < -0.3 is 9.64 Å². The minimum atomic E-state index is -0.549. The quantitative estimate of drug-likeness (QED) is 0.788. The maximum absolute atomic E-state index is 13.1. The van der Waals surface area contributed by atoms with E-state index in [2.05, 4.69) is 0 Å². The van der Waals surface area contributed by atoms with Crippen molar-refractivity contribution in [2.45, 2.75) is 12.8 Å². The number of ether oxygens (including phenoxy) is 1. The molecule has 0 aromatic heterocycles. The summed E-state index contributed by atoms with van der Waals surface area (Å²) in [6.07, 6.45) is 1.15. The van der Waals surface area contributed by atoms with E-state index in [0.29, 0.717) is 31.5 Å². The molecule has 0 atom stereocenters. The zero-order chi connectivity index (χ0) is 14.7. The van der Waals surface area contributed by atoms with Gasteiger partial charge in [-0.05, 0) is 31.0 Å². The number of amides is 1. The van der Waals surface area contributed by atoms with Crippen molar-refractivity contribution in [3.63, 3.8) is 0 Å². The Bertz CT molecular complexity index is 527. The Morgan fingerprint density at radius 3 is 2.55 bits per heavy atom. The lowest BCUT2D eigenvalue weighted by molar-refractivity contribution is -0.146. The number of hydrogen-bond acceptors (Lipinski definition) is 3. The number of rotatable bonds is 2. The van der Waals surface area contributed by atoms with Crippen molar-refractivity contribution < 1.29 is 18.7 Å². The van der Waals surface area contributed by atoms with E-state index in [9.17, 15) is 14.0 Å². The highest BCUT2D eigenvalue weighted by molar-refractivity contribution is 6.31. The lowest BCUT2D eigenvalue weighted by Crippen LogP contribution is -2.40. The lowest BCUT2D eigenvalue weighted by atomic mass is 9.96. The van der Waals surface area contributed by atoms with Crippen LogP contribution in [0.15, 0.2) is 18.2 Å². The number of carbonyl (C=O) groups excluding carboxylic acids is 2. The van der Waals surface area contributed by atoms with Crippen LogP contribution >= 0.6 is 11.6 Å². The molecule has 0 spiro atoms. The molecule has 6 heteroatoms. The van der Waals surface area contributed by atoms with Gasteiger partial charge in [-0.25, -0.2) is 4.39 Å². The fourth-order valence-electron chi connectivity index (χ4n) is 2.30. The third-order valence-electron chi connectivity index (χ3n) is 3.48. The van der Waals surface area contributed by atoms with Crippen LogP contribution in [0.5, 0.6) is 0 Å². The molecule has 0 aliphatic carbocycles. The van der Waals surface area contributed by atoms with Crippen molar-refractivity contribution in [2.24, 2.45) is 5.92 Å². The predicted octanol–water partition coefficient (Wildman–Crippen LogP) is 2.50. The van der Waals surface area contributed by atoms with Crippen LogP contribution in [0.4, 0.5) is 4.39 Å². The molecule has 0 unspecified atom stereocenters. The molecule has 1 heterocycles. The average Bonchev–Trinajstić information content (AvgIpc) is 2.48. The number of piperidine rings is 1. The zero-order valence-corrected chi connectivity index (χ0v) is 11.8. The van der Waals surface area contributed by atoms with E-state index in [1.165, 1.54) is 25.3 Å². The number of likely N-dealkylation sites (tertiary alicyclic amines) is 1. The van der Waals surface area contributed by atoms with Gasteiger partial charge in [0.05, 0.1) is 18.1 Å². The molecule has 1 aromatic rings. The molecule has 2 rings (SSSR count). The van der Waals surface area contributed by atoms with Crippen LogP contribution in [-0.4, -0.2) is 37.0 Å². The minimum absolute atomic E-state index is 0.0692. The second-order valence-electron chi connectivity index (χ2n) is 4.72. The molecular formula is C14H15ClFNO3. The highest BCUT2D eigenvalue weighted by Crippen LogP contribution is 2.22. The molecule has 20 heavy (non-hydrogen) atoms. The van der Waals surface area contributed by atoms with E-state index in [4.69, 9.17) is 16.3 Å². The fourth-order valence-corrected chi connectivity index (χ4v) is 2.48. The summed E-state index contributed by atoms with van der Waals surface area (Å²) in [5, 5.41) is -0.0692. The van der Waals surface area contributed by atoms with Crippen molar-refractivity contribution in [3.8, 4) is 0 Å². The van der Waals surface area contributed by atoms with Crippen molar-refractivity contribution in [1.82, 2.24) is 4.90 Å². The van der Waals surface area contributed by atoms with Gasteiger partial charge in [-0.1, -0.05) is 11.6 Å². The van der Waals surface area contributed by atoms with Gasteiger partial charge in [-0.3, -0.25) is 9.59 Å². The maximum Gasteiger partial charge on any atom is 0.308 e. The first-order valence-corrected chi connectivity index (χ1v) is 6.73. The van der Waals surface area contributed by atoms with E-state index in [1.54, 1.807) is 4.90 Å². The summed E-state index contributed by atoms with van der Waals surface area (Å²) in [6.45, 7) is 0.960. The Balaban J connectivity index is 2.01. The van der Waals surface area contributed by atoms with E-state index in [1.807, 2.05) is 0 Å². The second-order valence-corrected chi connectivity index (χ2v) is 5.13. The topological polar surface area (TPSA) is 46.6 Å². The highest BCUT2D eigenvalue weighted by Gasteiger charge is 2.28. The lowest BCUT2D eigenvalue weighted by Gasteiger charge is -2.30. The van der Waals surface area contributed by atoms with E-state index in [-0.39, 0.29) is 22.8 Å². The Kier molecular flexibility index (Phi) is 4.60. The van der Waals surface area contributed by atoms with Gasteiger partial charge in [0.1, 0.15) is 5.82 Å². The molecule has 4 nitrogen and oxygen atoms in total. The summed E-state index contributed by atoms with van der Waals surface area (Å²) in [6, 6.07) is 3.92. The third kappa shape index (κ3) is 3.10. The summed E-state index contributed by atoms with van der Waals surface area (Å²) >= 11 is 5.67. The van der Waals surface area contributed by atoms with Crippen molar-refractivity contribution in [3.05, 3.63) is 34.6 Å². The van der Waals surface area contributed by atoms with Crippen molar-refractivity contribution in [1.29, 1.82) is 0 Å². The molecule has 1 aliphatic heterocycles. The molecule has 1 amide bonds. The first-order chi connectivity index (χ1) is 9.52. The largest absolute Gasteiger partial charge is 0.469 e. The summed E-state index contributed by atoms with van der Waals surface area (Å²) < 4.78 is 17.8. The summed E-state index contributed by atoms with van der Waals surface area (Å²) in [5.74, 6) is -1.13. The first kappa shape index (κ1) is 14.8. The van der Waals surface area contributed by atoms with Crippen LogP contribution in [-0.2, 0) is 9.53 Å². The van der Waals surface area contributed by atoms with Crippen LogP contribution in [0.25, 0.3) is 0 Å². The average molecular weight is 300 g/mol. The summed E-state index contributed by atoms with van der Waals surface area (Å²) in [5.41, 5.74) is 0.355. The van der Waals surface area contributed by atoms with Crippen LogP contribution in [0.3, 0.4) is 0 Å². The number of nitrogens with zero attached hydrogens (tertiary/aromatic N) is 1. The molecule has 1 fully saturated rings. The Morgan fingerprint density at radius 1 is 1.35 bits per heavy atom. The van der Waals surface area contributed by atoms with Crippen LogP contribution in [0, 0.1) is 11.7 Å². The van der Waals surface area contributed by atoms with Crippen LogP contribution < -0.4 is 0 Å². The number of benzene rings is 1. The molecule has 0 saturated carbocycles. The van der Waals surface area contributed by atoms with Gasteiger partial charge in [0.25, 0.3) is 5.91 Å². The monoisotopic (exact) mass is 299 g/mol.